The maximum absolute atomic E-state index is 12.8. The number of nitrogens with one attached hydrogen (secondary N) is 1. The van der Waals surface area contributed by atoms with Crippen LogP contribution in [0.1, 0.15) is 32.5 Å². The number of hydrogen-bond acceptors (Lipinski definition) is 6. The average molecular weight is 324 g/mol. The van der Waals surface area contributed by atoms with E-state index in [1.54, 1.807) is 13.8 Å². The molecule has 1 atom stereocenters. The second kappa shape index (κ2) is 5.52. The molecule has 2 amide bonds. The van der Waals surface area contributed by atoms with Gasteiger partial charge in [0.1, 0.15) is 11.9 Å². The van der Waals surface area contributed by atoms with E-state index >= 15 is 0 Å². The van der Waals surface area contributed by atoms with Gasteiger partial charge in [-0.05, 0) is 26.0 Å². The number of aromatic nitrogens is 4. The van der Waals surface area contributed by atoms with Crippen LogP contribution in [0.3, 0.4) is 0 Å². The molecule has 0 radical (unpaired) electrons. The number of likely N-dealkylation sites (tertiary alicyclic amines) is 1. The van der Waals surface area contributed by atoms with Crippen LogP contribution in [0.2, 0.25) is 0 Å². The van der Waals surface area contributed by atoms with Crippen molar-refractivity contribution in [1.29, 1.82) is 0 Å². The van der Waals surface area contributed by atoms with E-state index in [4.69, 9.17) is 0 Å². The Morgan fingerprint density at radius 2 is 2.00 bits per heavy atom. The van der Waals surface area contributed by atoms with Crippen molar-refractivity contribution >= 4 is 23.3 Å². The summed E-state index contributed by atoms with van der Waals surface area (Å²) in [4.78, 5) is 25.3. The highest BCUT2D eigenvalue weighted by Gasteiger charge is 2.40. The number of halogens is 2. The van der Waals surface area contributed by atoms with Gasteiger partial charge in [-0.15, -0.1) is 15.3 Å². The molecule has 1 N–H and O–H groups in total. The summed E-state index contributed by atoms with van der Waals surface area (Å²) < 4.78 is 26.6. The van der Waals surface area contributed by atoms with E-state index in [2.05, 4.69) is 20.6 Å². The number of carbonyl (C=O) groups is 2. The minimum atomic E-state index is -2.82. The minimum Gasteiger partial charge on any atom is -0.357 e. The van der Waals surface area contributed by atoms with Gasteiger partial charge in [-0.25, -0.2) is 8.78 Å². The van der Waals surface area contributed by atoms with Crippen molar-refractivity contribution in [3.63, 3.8) is 0 Å². The van der Waals surface area contributed by atoms with Gasteiger partial charge in [-0.1, -0.05) is 0 Å². The van der Waals surface area contributed by atoms with Crippen LogP contribution in [0.5, 0.6) is 0 Å². The van der Waals surface area contributed by atoms with Crippen molar-refractivity contribution in [2.45, 2.75) is 38.8 Å². The second-order valence-electron chi connectivity index (χ2n) is 5.44. The van der Waals surface area contributed by atoms with E-state index in [9.17, 15) is 18.4 Å². The van der Waals surface area contributed by atoms with E-state index in [-0.39, 0.29) is 35.7 Å². The summed E-state index contributed by atoms with van der Waals surface area (Å²) in [6, 6.07) is 1.95. The van der Waals surface area contributed by atoms with Crippen LogP contribution in [-0.2, 0) is 9.59 Å². The first kappa shape index (κ1) is 15.3. The third-order valence-corrected chi connectivity index (χ3v) is 3.50. The molecule has 8 nitrogen and oxygen atoms in total. The predicted octanol–water partition coefficient (Wildman–Crippen LogP) is 1.01. The number of carbonyl (C=O) groups excluding carboxylic acids is 2. The normalized spacial score (nSPS) is 18.7. The van der Waals surface area contributed by atoms with Crippen LogP contribution in [0.15, 0.2) is 12.1 Å². The molecule has 0 spiro atoms. The number of imide groups is 1. The Hall–Kier alpha value is -2.65. The molecular formula is C13H14F2N6O2. The molecule has 1 aliphatic rings. The van der Waals surface area contributed by atoms with Crippen molar-refractivity contribution in [3.8, 4) is 0 Å². The molecule has 3 heterocycles. The van der Waals surface area contributed by atoms with Gasteiger partial charge in [0.05, 0.1) is 6.42 Å². The number of amides is 2. The number of rotatable bonds is 4. The monoisotopic (exact) mass is 324 g/mol. The first-order valence-electron chi connectivity index (χ1n) is 7.01. The van der Waals surface area contributed by atoms with Gasteiger partial charge in [-0.3, -0.25) is 14.5 Å². The van der Waals surface area contributed by atoms with Crippen molar-refractivity contribution in [2.24, 2.45) is 0 Å². The van der Waals surface area contributed by atoms with Crippen LogP contribution in [0.25, 0.3) is 5.65 Å². The van der Waals surface area contributed by atoms with Gasteiger partial charge in [0.2, 0.25) is 11.7 Å². The third kappa shape index (κ3) is 2.60. The maximum atomic E-state index is 12.8. The lowest BCUT2D eigenvalue weighted by Gasteiger charge is -2.19. The number of fused-ring (bicyclic) bond motifs is 1. The minimum absolute atomic E-state index is 0.000609. The summed E-state index contributed by atoms with van der Waals surface area (Å²) in [7, 11) is 0. The lowest BCUT2D eigenvalue weighted by atomic mass is 10.2. The zero-order valence-corrected chi connectivity index (χ0v) is 12.4. The molecule has 0 bridgehead atoms. The number of nitrogens with zero attached hydrogens (tertiary/aromatic N) is 5. The van der Waals surface area contributed by atoms with Gasteiger partial charge in [0, 0.05) is 6.04 Å². The molecule has 23 heavy (non-hydrogen) atoms. The first-order valence-corrected chi connectivity index (χ1v) is 7.01. The summed E-state index contributed by atoms with van der Waals surface area (Å²) in [6.45, 7) is 3.49. The molecule has 2 aromatic heterocycles. The van der Waals surface area contributed by atoms with Crippen molar-refractivity contribution in [3.05, 3.63) is 18.0 Å². The van der Waals surface area contributed by atoms with Gasteiger partial charge >= 0.3 is 0 Å². The molecule has 1 fully saturated rings. The highest BCUT2D eigenvalue weighted by atomic mass is 19.3. The Kier molecular flexibility index (Phi) is 3.66. The van der Waals surface area contributed by atoms with Crippen LogP contribution in [-0.4, -0.2) is 48.6 Å². The number of alkyl halides is 2. The molecule has 0 aliphatic carbocycles. The van der Waals surface area contributed by atoms with E-state index in [1.807, 2.05) is 0 Å². The SMILES string of the molecule is CC(C)N1C(=O)CC(Nc2ccc3nnc(C(F)F)n3n2)C1=O. The summed E-state index contributed by atoms with van der Waals surface area (Å²) >= 11 is 0. The Morgan fingerprint density at radius 1 is 1.26 bits per heavy atom. The largest absolute Gasteiger partial charge is 0.357 e. The second-order valence-corrected chi connectivity index (χ2v) is 5.44. The lowest BCUT2D eigenvalue weighted by Crippen LogP contribution is -2.39. The van der Waals surface area contributed by atoms with Gasteiger partial charge in [-0.2, -0.15) is 4.52 Å². The summed E-state index contributed by atoms with van der Waals surface area (Å²) in [5.41, 5.74) is 0.170. The first-order chi connectivity index (χ1) is 10.9. The summed E-state index contributed by atoms with van der Waals surface area (Å²) in [5.74, 6) is -1.02. The molecular weight excluding hydrogens is 310 g/mol. The maximum Gasteiger partial charge on any atom is 0.299 e. The highest BCUT2D eigenvalue weighted by molar-refractivity contribution is 6.07. The zero-order valence-electron chi connectivity index (χ0n) is 12.4. The standard InChI is InChI=1S/C13H14F2N6O2/c1-6(2)20-10(22)5-7(13(20)23)16-8-3-4-9-17-18-12(11(14)15)21(9)19-8/h3-4,6-7,11H,5H2,1-2H3,(H,16,19). The quantitative estimate of drug-likeness (QED) is 0.844. The number of hydrogen-bond donors (Lipinski definition) is 1. The molecule has 1 aliphatic heterocycles. The molecule has 10 heteroatoms. The van der Waals surface area contributed by atoms with Crippen molar-refractivity contribution < 1.29 is 18.4 Å². The summed E-state index contributed by atoms with van der Waals surface area (Å²) in [5, 5.41) is 13.7. The molecule has 1 saturated heterocycles. The molecule has 1 unspecified atom stereocenters. The molecule has 3 rings (SSSR count). The Labute approximate surface area is 129 Å². The van der Waals surface area contributed by atoms with Crippen LogP contribution in [0.4, 0.5) is 14.6 Å². The van der Waals surface area contributed by atoms with Gasteiger partial charge in [0.15, 0.2) is 5.65 Å². The summed E-state index contributed by atoms with van der Waals surface area (Å²) in [6.07, 6.45) is -2.82. The van der Waals surface area contributed by atoms with Crippen LogP contribution < -0.4 is 5.32 Å². The Bertz CT molecular complexity index is 775. The average Bonchev–Trinajstić information content (AvgIpc) is 3.00. The van der Waals surface area contributed by atoms with Crippen molar-refractivity contribution in [2.75, 3.05) is 5.32 Å². The number of anilines is 1. The van der Waals surface area contributed by atoms with Crippen LogP contribution >= 0.6 is 0 Å². The molecule has 2 aromatic rings. The predicted molar refractivity (Wildman–Crippen MR) is 74.8 cm³/mol. The topological polar surface area (TPSA) is 92.5 Å². The Morgan fingerprint density at radius 3 is 2.61 bits per heavy atom. The fraction of sp³-hybridized carbons (Fsp3) is 0.462. The fourth-order valence-electron chi connectivity index (χ4n) is 2.50. The Balaban J connectivity index is 1.86. The van der Waals surface area contributed by atoms with Crippen molar-refractivity contribution in [1.82, 2.24) is 24.7 Å². The van der Waals surface area contributed by atoms with E-state index < -0.39 is 18.3 Å². The lowest BCUT2D eigenvalue weighted by molar-refractivity contribution is -0.140. The van der Waals surface area contributed by atoms with Crippen LogP contribution in [0, 0.1) is 0 Å². The smallest absolute Gasteiger partial charge is 0.299 e. The molecule has 122 valence electrons. The van der Waals surface area contributed by atoms with Gasteiger partial charge in [0.25, 0.3) is 12.3 Å². The van der Waals surface area contributed by atoms with E-state index in [0.29, 0.717) is 0 Å². The third-order valence-electron chi connectivity index (χ3n) is 3.50. The highest BCUT2D eigenvalue weighted by Crippen LogP contribution is 2.21. The fourth-order valence-corrected chi connectivity index (χ4v) is 2.50. The van der Waals surface area contributed by atoms with E-state index in [0.717, 1.165) is 4.52 Å². The van der Waals surface area contributed by atoms with Gasteiger partial charge < -0.3 is 5.32 Å². The molecule has 0 saturated carbocycles. The van der Waals surface area contributed by atoms with E-state index in [1.165, 1.54) is 17.0 Å². The zero-order chi connectivity index (χ0) is 16.7. The molecule has 0 aromatic carbocycles.